The van der Waals surface area contributed by atoms with Gasteiger partial charge in [0.1, 0.15) is 5.75 Å². The van der Waals surface area contributed by atoms with Crippen LogP contribution in [0.5, 0.6) is 5.75 Å². The summed E-state index contributed by atoms with van der Waals surface area (Å²) in [5, 5.41) is 0.694. The summed E-state index contributed by atoms with van der Waals surface area (Å²) in [4.78, 5) is 0. The van der Waals surface area contributed by atoms with E-state index in [9.17, 15) is 0 Å². The Balaban J connectivity index is 3.34. The molecule has 84 valence electrons. The second kappa shape index (κ2) is 4.44. The third kappa shape index (κ3) is 2.66. The van der Waals surface area contributed by atoms with Gasteiger partial charge in [-0.3, -0.25) is 0 Å². The van der Waals surface area contributed by atoms with E-state index in [2.05, 4.69) is 27.7 Å². The van der Waals surface area contributed by atoms with Gasteiger partial charge in [0, 0.05) is 0 Å². The van der Waals surface area contributed by atoms with Gasteiger partial charge < -0.3 is 4.74 Å². The van der Waals surface area contributed by atoms with Crippen LogP contribution in [0.4, 0.5) is 0 Å². The number of aryl methyl sites for hydroxylation is 1. The standard InChI is InChI=1S/C13H19ClO/c1-6-9-7-12(15-5)11(14)8-10(9)13(2,3)4/h7-8H,6H2,1-5H3. The molecule has 0 amide bonds. The molecular weight excluding hydrogens is 208 g/mol. The average Bonchev–Trinajstić information content (AvgIpc) is 2.16. The maximum atomic E-state index is 6.14. The van der Waals surface area contributed by atoms with Crippen molar-refractivity contribution < 1.29 is 4.74 Å². The Morgan fingerprint density at radius 2 is 1.87 bits per heavy atom. The number of halogens is 1. The number of benzene rings is 1. The minimum absolute atomic E-state index is 0.126. The fraction of sp³-hybridized carbons (Fsp3) is 0.538. The highest BCUT2D eigenvalue weighted by molar-refractivity contribution is 6.32. The predicted molar refractivity (Wildman–Crippen MR) is 66.1 cm³/mol. The maximum Gasteiger partial charge on any atom is 0.137 e. The van der Waals surface area contributed by atoms with Crippen molar-refractivity contribution in [3.63, 3.8) is 0 Å². The van der Waals surface area contributed by atoms with Crippen molar-refractivity contribution in [3.8, 4) is 5.75 Å². The zero-order valence-corrected chi connectivity index (χ0v) is 10.9. The topological polar surface area (TPSA) is 9.23 Å². The molecule has 0 saturated carbocycles. The SMILES string of the molecule is CCc1cc(OC)c(Cl)cc1C(C)(C)C. The van der Waals surface area contributed by atoms with E-state index < -0.39 is 0 Å². The van der Waals surface area contributed by atoms with Crippen LogP contribution in [0.2, 0.25) is 5.02 Å². The van der Waals surface area contributed by atoms with Crippen molar-refractivity contribution in [1.29, 1.82) is 0 Å². The zero-order valence-electron chi connectivity index (χ0n) is 10.1. The van der Waals surface area contributed by atoms with E-state index in [1.807, 2.05) is 12.1 Å². The fourth-order valence-electron chi connectivity index (χ4n) is 1.74. The lowest BCUT2D eigenvalue weighted by Gasteiger charge is -2.23. The summed E-state index contributed by atoms with van der Waals surface area (Å²) < 4.78 is 5.22. The first-order chi connectivity index (χ1) is 6.90. The second-order valence-electron chi connectivity index (χ2n) is 4.75. The largest absolute Gasteiger partial charge is 0.495 e. The second-order valence-corrected chi connectivity index (χ2v) is 5.15. The number of methoxy groups -OCH3 is 1. The maximum absolute atomic E-state index is 6.14. The van der Waals surface area contributed by atoms with Crippen molar-refractivity contribution in [2.45, 2.75) is 39.5 Å². The molecule has 0 unspecified atom stereocenters. The molecule has 0 N–H and O–H groups in total. The van der Waals surface area contributed by atoms with Gasteiger partial charge in [-0.1, -0.05) is 39.3 Å². The molecule has 1 rings (SSSR count). The third-order valence-corrected chi connectivity index (χ3v) is 2.86. The van der Waals surface area contributed by atoms with Gasteiger partial charge in [0.15, 0.2) is 0 Å². The Kier molecular flexibility index (Phi) is 3.67. The van der Waals surface area contributed by atoms with Crippen LogP contribution in [0.3, 0.4) is 0 Å². The lowest BCUT2D eigenvalue weighted by Crippen LogP contribution is -2.14. The van der Waals surface area contributed by atoms with E-state index in [0.717, 1.165) is 12.2 Å². The Morgan fingerprint density at radius 3 is 2.27 bits per heavy atom. The molecule has 1 aromatic carbocycles. The van der Waals surface area contributed by atoms with E-state index in [0.29, 0.717) is 5.02 Å². The molecule has 0 saturated heterocycles. The van der Waals surface area contributed by atoms with Crippen molar-refractivity contribution in [2.24, 2.45) is 0 Å². The van der Waals surface area contributed by atoms with E-state index in [1.54, 1.807) is 7.11 Å². The molecule has 0 aromatic heterocycles. The molecule has 0 spiro atoms. The summed E-state index contributed by atoms with van der Waals surface area (Å²) in [6.07, 6.45) is 1.00. The Morgan fingerprint density at radius 1 is 1.27 bits per heavy atom. The van der Waals surface area contributed by atoms with Crippen LogP contribution < -0.4 is 4.74 Å². The van der Waals surface area contributed by atoms with Crippen LogP contribution in [-0.2, 0) is 11.8 Å². The number of ether oxygens (including phenoxy) is 1. The highest BCUT2D eigenvalue weighted by Gasteiger charge is 2.19. The van der Waals surface area contributed by atoms with E-state index >= 15 is 0 Å². The van der Waals surface area contributed by atoms with Crippen molar-refractivity contribution in [3.05, 3.63) is 28.3 Å². The molecule has 0 aliphatic carbocycles. The van der Waals surface area contributed by atoms with Crippen LogP contribution in [0.25, 0.3) is 0 Å². The number of rotatable bonds is 2. The molecule has 15 heavy (non-hydrogen) atoms. The summed E-state index contributed by atoms with van der Waals surface area (Å²) >= 11 is 6.14. The molecule has 0 heterocycles. The molecule has 0 atom stereocenters. The first-order valence-electron chi connectivity index (χ1n) is 5.27. The van der Waals surface area contributed by atoms with Gasteiger partial charge in [-0.15, -0.1) is 0 Å². The van der Waals surface area contributed by atoms with Gasteiger partial charge in [0.25, 0.3) is 0 Å². The van der Waals surface area contributed by atoms with Gasteiger partial charge in [-0.2, -0.15) is 0 Å². The van der Waals surface area contributed by atoms with E-state index in [-0.39, 0.29) is 5.41 Å². The van der Waals surface area contributed by atoms with Gasteiger partial charge >= 0.3 is 0 Å². The highest BCUT2D eigenvalue weighted by atomic mass is 35.5. The van der Waals surface area contributed by atoms with Gasteiger partial charge in [0.2, 0.25) is 0 Å². The molecular formula is C13H19ClO. The van der Waals surface area contributed by atoms with Crippen LogP contribution in [-0.4, -0.2) is 7.11 Å². The first kappa shape index (κ1) is 12.4. The zero-order chi connectivity index (χ0) is 11.6. The Bertz CT molecular complexity index is 350. The molecule has 1 aromatic rings. The van der Waals surface area contributed by atoms with Crippen LogP contribution in [0, 0.1) is 0 Å². The molecule has 2 heteroatoms. The van der Waals surface area contributed by atoms with Crippen LogP contribution in [0.1, 0.15) is 38.8 Å². The van der Waals surface area contributed by atoms with Gasteiger partial charge in [0.05, 0.1) is 12.1 Å². The molecule has 0 aliphatic heterocycles. The lowest BCUT2D eigenvalue weighted by molar-refractivity contribution is 0.413. The summed E-state index contributed by atoms with van der Waals surface area (Å²) in [5.74, 6) is 0.765. The molecule has 0 bridgehead atoms. The van der Waals surface area contributed by atoms with E-state index in [4.69, 9.17) is 16.3 Å². The number of hydrogen-bond acceptors (Lipinski definition) is 1. The normalized spacial score (nSPS) is 11.6. The molecule has 0 fully saturated rings. The average molecular weight is 227 g/mol. The summed E-state index contributed by atoms with van der Waals surface area (Å²) in [5.41, 5.74) is 2.74. The summed E-state index contributed by atoms with van der Waals surface area (Å²) in [7, 11) is 1.65. The Hall–Kier alpha value is -0.690. The molecule has 0 aliphatic rings. The van der Waals surface area contributed by atoms with Crippen LogP contribution in [0.15, 0.2) is 12.1 Å². The molecule has 0 radical (unpaired) electrons. The van der Waals surface area contributed by atoms with Crippen molar-refractivity contribution in [1.82, 2.24) is 0 Å². The predicted octanol–water partition coefficient (Wildman–Crippen LogP) is 4.21. The first-order valence-corrected chi connectivity index (χ1v) is 5.64. The molecule has 1 nitrogen and oxygen atoms in total. The highest BCUT2D eigenvalue weighted by Crippen LogP contribution is 2.34. The lowest BCUT2D eigenvalue weighted by atomic mass is 9.83. The monoisotopic (exact) mass is 226 g/mol. The minimum Gasteiger partial charge on any atom is -0.495 e. The number of hydrogen-bond donors (Lipinski definition) is 0. The van der Waals surface area contributed by atoms with Gasteiger partial charge in [-0.05, 0) is 35.1 Å². The smallest absolute Gasteiger partial charge is 0.137 e. The Labute approximate surface area is 97.4 Å². The van der Waals surface area contributed by atoms with Crippen molar-refractivity contribution in [2.75, 3.05) is 7.11 Å². The third-order valence-electron chi connectivity index (χ3n) is 2.57. The fourth-order valence-corrected chi connectivity index (χ4v) is 1.98. The summed E-state index contributed by atoms with van der Waals surface area (Å²) in [6.45, 7) is 8.75. The van der Waals surface area contributed by atoms with Crippen LogP contribution >= 0.6 is 11.6 Å². The minimum atomic E-state index is 0.126. The van der Waals surface area contributed by atoms with E-state index in [1.165, 1.54) is 11.1 Å². The van der Waals surface area contributed by atoms with Gasteiger partial charge in [-0.25, -0.2) is 0 Å². The quantitative estimate of drug-likeness (QED) is 0.734. The van der Waals surface area contributed by atoms with Crippen molar-refractivity contribution >= 4 is 11.6 Å². The summed E-state index contributed by atoms with van der Waals surface area (Å²) in [6, 6.07) is 4.07.